The number of benzene rings is 1. The Bertz CT molecular complexity index is 1050. The summed E-state index contributed by atoms with van der Waals surface area (Å²) in [6.45, 7) is 1.13. The number of hydrogen-bond donors (Lipinski definition) is 1. The molecule has 0 bridgehead atoms. The van der Waals surface area contributed by atoms with Gasteiger partial charge in [-0.1, -0.05) is 11.6 Å². The summed E-state index contributed by atoms with van der Waals surface area (Å²) in [4.78, 5) is 29.5. The first kappa shape index (κ1) is 20.2. The number of aromatic amines is 1. The van der Waals surface area contributed by atoms with Crippen LogP contribution in [-0.4, -0.2) is 63.5 Å². The Kier molecular flexibility index (Phi) is 5.37. The summed E-state index contributed by atoms with van der Waals surface area (Å²) in [6.07, 6.45) is -3.41. The first-order valence-corrected chi connectivity index (χ1v) is 9.38. The zero-order valence-corrected chi connectivity index (χ0v) is 16.2. The number of rotatable bonds is 4. The molecule has 3 heterocycles. The minimum absolute atomic E-state index is 0.0535. The fraction of sp³-hybridized carbons (Fsp3) is 0.333. The van der Waals surface area contributed by atoms with Gasteiger partial charge in [0.05, 0.1) is 6.33 Å². The molecule has 1 aliphatic heterocycles. The van der Waals surface area contributed by atoms with Crippen LogP contribution in [0.2, 0.25) is 5.02 Å². The standard InChI is InChI=1S/C18H16ClF3N6O2/c19-11-1-3-12(4-2-11)30-9-13(29)27-5-7-28(8-6-27)16-14-15(24-10-23-14)25-17(26-16)18(20,21)22/h1-4,10H,5-9H2,(H,23,24,25,26). The van der Waals surface area contributed by atoms with Crippen molar-refractivity contribution in [3.63, 3.8) is 0 Å². The first-order chi connectivity index (χ1) is 14.3. The lowest BCUT2D eigenvalue weighted by Crippen LogP contribution is -2.50. The van der Waals surface area contributed by atoms with Crippen molar-refractivity contribution in [2.24, 2.45) is 0 Å². The van der Waals surface area contributed by atoms with Crippen LogP contribution in [0.25, 0.3) is 11.2 Å². The average molecular weight is 441 g/mol. The third kappa shape index (κ3) is 4.25. The highest BCUT2D eigenvalue weighted by molar-refractivity contribution is 6.30. The molecule has 0 spiro atoms. The number of aromatic nitrogens is 4. The van der Waals surface area contributed by atoms with Gasteiger partial charge in [-0.15, -0.1) is 0 Å². The van der Waals surface area contributed by atoms with Crippen LogP contribution in [0.15, 0.2) is 30.6 Å². The molecule has 0 unspecified atom stereocenters. The molecule has 30 heavy (non-hydrogen) atoms. The lowest BCUT2D eigenvalue weighted by Gasteiger charge is -2.35. The van der Waals surface area contributed by atoms with Crippen LogP contribution >= 0.6 is 11.6 Å². The van der Waals surface area contributed by atoms with Gasteiger partial charge in [0.25, 0.3) is 5.91 Å². The summed E-state index contributed by atoms with van der Waals surface area (Å²) in [5.74, 6) is -0.815. The molecule has 1 fully saturated rings. The molecule has 1 aliphatic rings. The summed E-state index contributed by atoms with van der Waals surface area (Å²) in [6, 6.07) is 6.65. The average Bonchev–Trinajstić information content (AvgIpc) is 3.21. The molecule has 0 atom stereocenters. The predicted octanol–water partition coefficient (Wildman–Crippen LogP) is 2.75. The number of imidazole rings is 1. The van der Waals surface area contributed by atoms with Crippen LogP contribution in [0, 0.1) is 0 Å². The number of halogens is 4. The van der Waals surface area contributed by atoms with Crippen molar-refractivity contribution in [1.29, 1.82) is 0 Å². The van der Waals surface area contributed by atoms with E-state index in [2.05, 4.69) is 19.9 Å². The normalized spacial score (nSPS) is 14.9. The molecule has 12 heteroatoms. The molecule has 3 aromatic rings. The minimum Gasteiger partial charge on any atom is -0.484 e. The Morgan fingerprint density at radius 2 is 1.83 bits per heavy atom. The van der Waals surface area contributed by atoms with Gasteiger partial charge in [-0.3, -0.25) is 4.79 Å². The monoisotopic (exact) mass is 440 g/mol. The van der Waals surface area contributed by atoms with Crippen LogP contribution in [0.4, 0.5) is 19.0 Å². The Labute approximate surface area is 173 Å². The summed E-state index contributed by atoms with van der Waals surface area (Å²) < 4.78 is 44.9. The largest absolute Gasteiger partial charge is 0.484 e. The predicted molar refractivity (Wildman–Crippen MR) is 102 cm³/mol. The van der Waals surface area contributed by atoms with E-state index in [1.807, 2.05) is 0 Å². The lowest BCUT2D eigenvalue weighted by atomic mass is 10.3. The van der Waals surface area contributed by atoms with E-state index in [1.54, 1.807) is 34.1 Å². The van der Waals surface area contributed by atoms with Crippen molar-refractivity contribution in [3.05, 3.63) is 41.4 Å². The number of hydrogen-bond acceptors (Lipinski definition) is 6. The smallest absolute Gasteiger partial charge is 0.451 e. The van der Waals surface area contributed by atoms with Gasteiger partial charge in [-0.05, 0) is 24.3 Å². The van der Waals surface area contributed by atoms with Gasteiger partial charge in [-0.25, -0.2) is 15.0 Å². The van der Waals surface area contributed by atoms with Gasteiger partial charge < -0.3 is 19.5 Å². The number of H-pyrrole nitrogens is 1. The van der Waals surface area contributed by atoms with E-state index in [4.69, 9.17) is 16.3 Å². The van der Waals surface area contributed by atoms with Crippen molar-refractivity contribution in [2.45, 2.75) is 6.18 Å². The maximum absolute atomic E-state index is 13.1. The number of nitrogens with one attached hydrogen (secondary N) is 1. The van der Waals surface area contributed by atoms with Gasteiger partial charge in [-0.2, -0.15) is 13.2 Å². The number of anilines is 1. The molecule has 0 aliphatic carbocycles. The highest BCUT2D eigenvalue weighted by Gasteiger charge is 2.37. The van der Waals surface area contributed by atoms with E-state index in [-0.39, 0.29) is 24.0 Å². The van der Waals surface area contributed by atoms with Crippen LogP contribution in [0.1, 0.15) is 5.82 Å². The van der Waals surface area contributed by atoms with E-state index < -0.39 is 12.0 Å². The van der Waals surface area contributed by atoms with Crippen molar-refractivity contribution >= 4 is 34.5 Å². The highest BCUT2D eigenvalue weighted by Crippen LogP contribution is 2.31. The van der Waals surface area contributed by atoms with Gasteiger partial charge in [0.2, 0.25) is 5.82 Å². The number of carbonyl (C=O) groups is 1. The van der Waals surface area contributed by atoms with Gasteiger partial charge in [0, 0.05) is 31.2 Å². The van der Waals surface area contributed by atoms with E-state index >= 15 is 0 Å². The van der Waals surface area contributed by atoms with Gasteiger partial charge in [0.1, 0.15) is 11.3 Å². The summed E-state index contributed by atoms with van der Waals surface area (Å²) in [7, 11) is 0. The molecular formula is C18H16ClF3N6O2. The number of ether oxygens (including phenoxy) is 1. The quantitative estimate of drug-likeness (QED) is 0.671. The molecule has 1 amide bonds. The third-order valence-corrected chi connectivity index (χ3v) is 4.88. The number of alkyl halides is 3. The molecule has 0 saturated carbocycles. The van der Waals surface area contributed by atoms with E-state index in [1.165, 1.54) is 6.33 Å². The molecule has 1 N–H and O–H groups in total. The fourth-order valence-electron chi connectivity index (χ4n) is 3.11. The number of piperazine rings is 1. The molecule has 2 aromatic heterocycles. The molecule has 158 valence electrons. The van der Waals surface area contributed by atoms with E-state index in [9.17, 15) is 18.0 Å². The molecule has 4 rings (SSSR count). The maximum atomic E-state index is 13.1. The molecule has 8 nitrogen and oxygen atoms in total. The van der Waals surface area contributed by atoms with Gasteiger partial charge >= 0.3 is 6.18 Å². The highest BCUT2D eigenvalue weighted by atomic mass is 35.5. The minimum atomic E-state index is -4.68. The lowest BCUT2D eigenvalue weighted by molar-refractivity contribution is -0.144. The van der Waals surface area contributed by atoms with Crippen LogP contribution in [0.3, 0.4) is 0 Å². The Morgan fingerprint density at radius 3 is 2.50 bits per heavy atom. The first-order valence-electron chi connectivity index (χ1n) is 9.00. The zero-order valence-electron chi connectivity index (χ0n) is 15.5. The van der Waals surface area contributed by atoms with E-state index in [0.717, 1.165) is 0 Å². The molecule has 1 saturated heterocycles. The molecule has 0 radical (unpaired) electrons. The van der Waals surface area contributed by atoms with E-state index in [0.29, 0.717) is 42.5 Å². The van der Waals surface area contributed by atoms with Crippen LogP contribution in [0.5, 0.6) is 5.75 Å². The second kappa shape index (κ2) is 7.98. The van der Waals surface area contributed by atoms with Crippen molar-refractivity contribution in [2.75, 3.05) is 37.7 Å². The number of amides is 1. The van der Waals surface area contributed by atoms with Gasteiger partial charge in [0.15, 0.2) is 18.1 Å². The number of fused-ring (bicyclic) bond motifs is 1. The Hall–Kier alpha value is -3.08. The maximum Gasteiger partial charge on any atom is 0.451 e. The fourth-order valence-corrected chi connectivity index (χ4v) is 3.23. The summed E-state index contributed by atoms with van der Waals surface area (Å²) in [5.41, 5.74) is 0.274. The van der Waals surface area contributed by atoms with Crippen molar-refractivity contribution in [1.82, 2.24) is 24.8 Å². The SMILES string of the molecule is O=C(COc1ccc(Cl)cc1)N1CCN(c2nc(C(F)(F)F)nc3nc[nH]c23)CC1. The van der Waals surface area contributed by atoms with Crippen molar-refractivity contribution in [3.8, 4) is 5.75 Å². The Morgan fingerprint density at radius 1 is 1.13 bits per heavy atom. The molecule has 1 aromatic carbocycles. The third-order valence-electron chi connectivity index (χ3n) is 4.63. The van der Waals surface area contributed by atoms with Crippen LogP contribution < -0.4 is 9.64 Å². The summed E-state index contributed by atoms with van der Waals surface area (Å²) in [5, 5.41) is 0.564. The summed E-state index contributed by atoms with van der Waals surface area (Å²) >= 11 is 5.81. The Balaban J connectivity index is 1.41. The topological polar surface area (TPSA) is 87.2 Å². The molecular weight excluding hydrogens is 425 g/mol. The van der Waals surface area contributed by atoms with Crippen LogP contribution in [-0.2, 0) is 11.0 Å². The number of nitrogens with zero attached hydrogens (tertiary/aromatic N) is 5. The second-order valence-electron chi connectivity index (χ2n) is 6.58. The van der Waals surface area contributed by atoms with Crippen molar-refractivity contribution < 1.29 is 22.7 Å². The second-order valence-corrected chi connectivity index (χ2v) is 7.02. The zero-order chi connectivity index (χ0) is 21.3. The number of carbonyl (C=O) groups excluding carboxylic acids is 1.